The van der Waals surface area contributed by atoms with Crippen molar-refractivity contribution in [3.8, 4) is 27.8 Å². The van der Waals surface area contributed by atoms with Gasteiger partial charge in [0.2, 0.25) is 5.88 Å². The topological polar surface area (TPSA) is 47.9 Å². The Labute approximate surface area is 137 Å². The van der Waals surface area contributed by atoms with Gasteiger partial charge >= 0.3 is 0 Å². The van der Waals surface area contributed by atoms with Crippen molar-refractivity contribution in [2.24, 2.45) is 0 Å². The van der Waals surface area contributed by atoms with Gasteiger partial charge < -0.3 is 4.74 Å². The number of benzene rings is 1. The molecule has 0 unspecified atom stereocenters. The summed E-state index contributed by atoms with van der Waals surface area (Å²) in [5.41, 5.74) is 1.51. The van der Waals surface area contributed by atoms with Gasteiger partial charge in [0, 0.05) is 10.6 Å². The zero-order chi connectivity index (χ0) is 15.4. The van der Waals surface area contributed by atoms with E-state index in [1.54, 1.807) is 11.3 Å². The molecule has 0 bridgehead atoms. The van der Waals surface area contributed by atoms with Gasteiger partial charge in [0.25, 0.3) is 0 Å². The summed E-state index contributed by atoms with van der Waals surface area (Å²) < 4.78 is 5.77. The molecular formula is C16H14ClN3OS. The van der Waals surface area contributed by atoms with Crippen LogP contribution in [0.25, 0.3) is 22.0 Å². The van der Waals surface area contributed by atoms with Crippen molar-refractivity contribution in [3.63, 3.8) is 0 Å². The Hall–Kier alpha value is -1.98. The van der Waals surface area contributed by atoms with Crippen LogP contribution in [-0.2, 0) is 0 Å². The third kappa shape index (κ3) is 3.26. The normalized spacial score (nSPS) is 10.6. The first-order chi connectivity index (χ1) is 10.8. The van der Waals surface area contributed by atoms with Crippen LogP contribution in [0.15, 0.2) is 41.8 Å². The second-order valence-corrected chi connectivity index (χ2v) is 6.01. The summed E-state index contributed by atoms with van der Waals surface area (Å²) >= 11 is 7.51. The van der Waals surface area contributed by atoms with Gasteiger partial charge in [-0.2, -0.15) is 4.98 Å². The molecule has 22 heavy (non-hydrogen) atoms. The molecule has 0 N–H and O–H groups in total. The number of rotatable bonds is 5. The predicted molar refractivity (Wildman–Crippen MR) is 89.4 cm³/mol. The van der Waals surface area contributed by atoms with Crippen LogP contribution in [0.1, 0.15) is 13.3 Å². The van der Waals surface area contributed by atoms with Gasteiger partial charge in [-0.25, -0.2) is 0 Å². The molecule has 0 aliphatic heterocycles. The van der Waals surface area contributed by atoms with Gasteiger partial charge in [-0.15, -0.1) is 21.5 Å². The van der Waals surface area contributed by atoms with Crippen LogP contribution >= 0.6 is 22.9 Å². The van der Waals surface area contributed by atoms with Crippen molar-refractivity contribution < 1.29 is 4.74 Å². The summed E-state index contributed by atoms with van der Waals surface area (Å²) in [6.45, 7) is 2.64. The van der Waals surface area contributed by atoms with E-state index in [2.05, 4.69) is 22.1 Å². The van der Waals surface area contributed by atoms with Gasteiger partial charge in [0.15, 0.2) is 11.5 Å². The second kappa shape index (κ2) is 6.85. The summed E-state index contributed by atoms with van der Waals surface area (Å²) in [7, 11) is 0. The van der Waals surface area contributed by atoms with Crippen LogP contribution in [0.2, 0.25) is 5.02 Å². The van der Waals surface area contributed by atoms with E-state index in [0.717, 1.165) is 16.9 Å². The van der Waals surface area contributed by atoms with Crippen LogP contribution in [0.3, 0.4) is 0 Å². The molecule has 0 aliphatic rings. The molecule has 0 radical (unpaired) electrons. The lowest BCUT2D eigenvalue weighted by atomic mass is 10.1. The second-order valence-electron chi connectivity index (χ2n) is 4.62. The van der Waals surface area contributed by atoms with Crippen LogP contribution < -0.4 is 4.74 Å². The highest BCUT2D eigenvalue weighted by Gasteiger charge is 2.14. The summed E-state index contributed by atoms with van der Waals surface area (Å²) in [6, 6.07) is 11.3. The summed E-state index contributed by atoms with van der Waals surface area (Å²) in [5.74, 6) is 1.08. The van der Waals surface area contributed by atoms with Crippen LogP contribution in [0.5, 0.6) is 5.88 Å². The number of nitrogens with zero attached hydrogens (tertiary/aromatic N) is 3. The number of hydrogen-bond acceptors (Lipinski definition) is 5. The van der Waals surface area contributed by atoms with Crippen molar-refractivity contribution in [2.45, 2.75) is 13.3 Å². The molecule has 2 aromatic heterocycles. The van der Waals surface area contributed by atoms with E-state index in [4.69, 9.17) is 16.3 Å². The Morgan fingerprint density at radius 1 is 1.14 bits per heavy atom. The maximum atomic E-state index is 5.93. The molecule has 3 aromatic rings. The lowest BCUT2D eigenvalue weighted by Gasteiger charge is -2.09. The van der Waals surface area contributed by atoms with E-state index in [-0.39, 0.29) is 0 Å². The third-order valence-electron chi connectivity index (χ3n) is 2.96. The van der Waals surface area contributed by atoms with Crippen molar-refractivity contribution in [1.29, 1.82) is 0 Å². The van der Waals surface area contributed by atoms with Gasteiger partial charge in [0.05, 0.1) is 11.5 Å². The Morgan fingerprint density at radius 2 is 1.95 bits per heavy atom. The zero-order valence-electron chi connectivity index (χ0n) is 12.0. The molecular weight excluding hydrogens is 318 g/mol. The van der Waals surface area contributed by atoms with Crippen molar-refractivity contribution in [2.75, 3.05) is 6.61 Å². The summed E-state index contributed by atoms with van der Waals surface area (Å²) in [4.78, 5) is 5.50. The predicted octanol–water partition coefficient (Wildman–Crippen LogP) is 4.71. The fraction of sp³-hybridized carbons (Fsp3) is 0.188. The fourth-order valence-electron chi connectivity index (χ4n) is 1.91. The quantitative estimate of drug-likeness (QED) is 0.679. The molecule has 112 valence electrons. The van der Waals surface area contributed by atoms with E-state index in [1.165, 1.54) is 0 Å². The van der Waals surface area contributed by atoms with E-state index in [0.29, 0.717) is 29.0 Å². The molecule has 0 amide bonds. The van der Waals surface area contributed by atoms with Gasteiger partial charge in [-0.05, 0) is 30.0 Å². The molecule has 0 aliphatic carbocycles. The first kappa shape index (κ1) is 14.9. The first-order valence-corrected chi connectivity index (χ1v) is 8.21. The van der Waals surface area contributed by atoms with E-state index in [9.17, 15) is 0 Å². The minimum absolute atomic E-state index is 0.502. The van der Waals surface area contributed by atoms with Gasteiger partial charge in [0.1, 0.15) is 0 Å². The van der Waals surface area contributed by atoms with Crippen molar-refractivity contribution in [1.82, 2.24) is 15.2 Å². The Bertz CT molecular complexity index is 745. The fourth-order valence-corrected chi connectivity index (χ4v) is 2.69. The number of halogens is 1. The van der Waals surface area contributed by atoms with Crippen LogP contribution in [0, 0.1) is 0 Å². The first-order valence-electron chi connectivity index (χ1n) is 6.95. The highest BCUT2D eigenvalue weighted by molar-refractivity contribution is 7.13. The average molecular weight is 332 g/mol. The zero-order valence-corrected chi connectivity index (χ0v) is 13.6. The lowest BCUT2D eigenvalue weighted by Crippen LogP contribution is -2.04. The number of hydrogen-bond donors (Lipinski definition) is 0. The van der Waals surface area contributed by atoms with Crippen LogP contribution in [0.4, 0.5) is 0 Å². The lowest BCUT2D eigenvalue weighted by molar-refractivity contribution is 0.305. The molecule has 0 fully saturated rings. The average Bonchev–Trinajstić information content (AvgIpc) is 3.08. The maximum absolute atomic E-state index is 5.93. The smallest absolute Gasteiger partial charge is 0.244 e. The molecule has 0 saturated heterocycles. The largest absolute Gasteiger partial charge is 0.476 e. The van der Waals surface area contributed by atoms with Crippen molar-refractivity contribution >= 4 is 22.9 Å². The Balaban J connectivity index is 2.03. The molecule has 2 heterocycles. The third-order valence-corrected chi connectivity index (χ3v) is 4.07. The number of thiophene rings is 1. The standard InChI is InChI=1S/C16H14ClN3OS/c1-2-9-21-16-14(11-5-7-12(17)8-6-11)19-20-15(18-16)13-4-3-10-22-13/h3-8,10H,2,9H2,1H3. The molecule has 3 rings (SSSR count). The van der Waals surface area contributed by atoms with Gasteiger partial charge in [-0.3, -0.25) is 0 Å². The van der Waals surface area contributed by atoms with E-state index in [1.807, 2.05) is 41.8 Å². The Morgan fingerprint density at radius 3 is 2.64 bits per heavy atom. The monoisotopic (exact) mass is 331 g/mol. The highest BCUT2D eigenvalue weighted by atomic mass is 35.5. The number of aromatic nitrogens is 3. The molecule has 0 atom stereocenters. The molecule has 0 spiro atoms. The molecule has 6 heteroatoms. The molecule has 0 saturated carbocycles. The molecule has 4 nitrogen and oxygen atoms in total. The maximum Gasteiger partial charge on any atom is 0.244 e. The van der Waals surface area contributed by atoms with Gasteiger partial charge in [-0.1, -0.05) is 36.7 Å². The Kier molecular flexibility index (Phi) is 4.65. The number of ether oxygens (including phenoxy) is 1. The summed E-state index contributed by atoms with van der Waals surface area (Å²) in [6.07, 6.45) is 0.901. The molecule has 1 aromatic carbocycles. The summed E-state index contributed by atoms with van der Waals surface area (Å²) in [5, 5.41) is 11.2. The van der Waals surface area contributed by atoms with Crippen molar-refractivity contribution in [3.05, 3.63) is 46.8 Å². The SMILES string of the molecule is CCCOc1nc(-c2cccs2)nnc1-c1ccc(Cl)cc1. The van der Waals surface area contributed by atoms with E-state index >= 15 is 0 Å². The minimum Gasteiger partial charge on any atom is -0.476 e. The van der Waals surface area contributed by atoms with Crippen LogP contribution in [-0.4, -0.2) is 21.8 Å². The van der Waals surface area contributed by atoms with E-state index < -0.39 is 0 Å². The highest BCUT2D eigenvalue weighted by Crippen LogP contribution is 2.29. The minimum atomic E-state index is 0.502.